The van der Waals surface area contributed by atoms with Crippen molar-refractivity contribution in [3.8, 4) is 11.1 Å². The van der Waals surface area contributed by atoms with Crippen LogP contribution in [0.3, 0.4) is 0 Å². The largest absolute Gasteiger partial charge is 0.480 e. The van der Waals surface area contributed by atoms with Gasteiger partial charge in [-0.05, 0) is 29.9 Å². The van der Waals surface area contributed by atoms with Gasteiger partial charge in [0.05, 0.1) is 0 Å². The van der Waals surface area contributed by atoms with Crippen LogP contribution in [0, 0.1) is 11.8 Å². The third kappa shape index (κ3) is 4.56. The number of hydrogen-bond donors (Lipinski definition) is 3. The van der Waals surface area contributed by atoms with E-state index in [2.05, 4.69) is 10.6 Å². The number of aliphatic carboxylic acids is 1. The van der Waals surface area contributed by atoms with Crippen LogP contribution in [0.15, 0.2) is 42.5 Å². The van der Waals surface area contributed by atoms with Gasteiger partial charge >= 0.3 is 5.97 Å². The van der Waals surface area contributed by atoms with E-state index in [1.54, 1.807) is 56.3 Å². The van der Waals surface area contributed by atoms with Gasteiger partial charge in [-0.3, -0.25) is 14.4 Å². The smallest absolute Gasteiger partial charge is 0.326 e. The molecule has 0 heterocycles. The van der Waals surface area contributed by atoms with Gasteiger partial charge < -0.3 is 15.7 Å². The quantitative estimate of drug-likeness (QED) is 0.502. The zero-order chi connectivity index (χ0) is 23.6. The monoisotopic (exact) mass is 436 g/mol. The van der Waals surface area contributed by atoms with E-state index in [0.29, 0.717) is 27.8 Å². The van der Waals surface area contributed by atoms with Gasteiger partial charge in [0.2, 0.25) is 5.91 Å². The van der Waals surface area contributed by atoms with Gasteiger partial charge in [-0.25, -0.2) is 4.79 Å². The number of carbonyl (C=O) groups excluding carboxylic acids is 3. The van der Waals surface area contributed by atoms with Crippen LogP contribution >= 0.6 is 0 Å². The number of rotatable bonds is 8. The fraction of sp³-hybridized carbons (Fsp3) is 0.360. The lowest BCUT2D eigenvalue weighted by atomic mass is 9.97. The molecule has 0 aliphatic heterocycles. The van der Waals surface area contributed by atoms with E-state index in [9.17, 15) is 24.3 Å². The Morgan fingerprint density at radius 1 is 0.875 bits per heavy atom. The fourth-order valence-corrected chi connectivity index (χ4v) is 3.97. The van der Waals surface area contributed by atoms with Gasteiger partial charge in [0.1, 0.15) is 12.1 Å². The molecule has 7 nitrogen and oxygen atoms in total. The molecule has 0 saturated heterocycles. The Morgan fingerprint density at radius 2 is 1.50 bits per heavy atom. The highest BCUT2D eigenvalue weighted by Crippen LogP contribution is 2.38. The third-order valence-corrected chi connectivity index (χ3v) is 5.55. The molecule has 0 fully saturated rings. The second-order valence-corrected chi connectivity index (χ2v) is 8.83. The second-order valence-electron chi connectivity index (χ2n) is 8.83. The minimum Gasteiger partial charge on any atom is -0.480 e. The van der Waals surface area contributed by atoms with E-state index in [1.807, 2.05) is 13.8 Å². The zero-order valence-electron chi connectivity index (χ0n) is 18.6. The molecule has 0 spiro atoms. The van der Waals surface area contributed by atoms with Crippen molar-refractivity contribution in [3.63, 3.8) is 0 Å². The fourth-order valence-electron chi connectivity index (χ4n) is 3.97. The van der Waals surface area contributed by atoms with Crippen LogP contribution < -0.4 is 10.6 Å². The SMILES string of the molecule is CC(C)C[C@H](NC(=O)[C@@H](NC(=O)c1cccc2c1-c1ccccc1C2=O)C(C)C)C(=O)O. The summed E-state index contributed by atoms with van der Waals surface area (Å²) in [6, 6.07) is 10.1. The van der Waals surface area contributed by atoms with Gasteiger partial charge in [-0.15, -0.1) is 0 Å². The van der Waals surface area contributed by atoms with Crippen LogP contribution in [0.1, 0.15) is 60.4 Å². The summed E-state index contributed by atoms with van der Waals surface area (Å²) < 4.78 is 0. The highest BCUT2D eigenvalue weighted by molar-refractivity contribution is 6.24. The van der Waals surface area contributed by atoms with E-state index in [0.717, 1.165) is 0 Å². The first kappa shape index (κ1) is 23.2. The Labute approximate surface area is 187 Å². The number of carboxylic acids is 1. The van der Waals surface area contributed by atoms with Crippen molar-refractivity contribution in [1.82, 2.24) is 10.6 Å². The van der Waals surface area contributed by atoms with Gasteiger partial charge in [0.25, 0.3) is 5.91 Å². The summed E-state index contributed by atoms with van der Waals surface area (Å²) in [5.41, 5.74) is 2.53. The summed E-state index contributed by atoms with van der Waals surface area (Å²) in [5, 5.41) is 14.7. The molecular weight excluding hydrogens is 408 g/mol. The molecular formula is C25H28N2O5. The van der Waals surface area contributed by atoms with Crippen LogP contribution in [-0.2, 0) is 9.59 Å². The molecule has 0 radical (unpaired) electrons. The number of hydrogen-bond acceptors (Lipinski definition) is 4. The number of benzene rings is 2. The standard InChI is InChI=1S/C25H28N2O5/c1-13(2)12-19(25(31)32)26-24(30)21(14(3)4)27-23(29)18-11-7-10-17-20(18)15-8-5-6-9-16(15)22(17)28/h5-11,13-14,19,21H,12H2,1-4H3,(H,26,30)(H,27,29)(H,31,32)/t19-,21-/m0/s1. The lowest BCUT2D eigenvalue weighted by Gasteiger charge is -2.25. The van der Waals surface area contributed by atoms with Crippen molar-refractivity contribution in [1.29, 1.82) is 0 Å². The van der Waals surface area contributed by atoms with Crippen molar-refractivity contribution < 1.29 is 24.3 Å². The van der Waals surface area contributed by atoms with Crippen molar-refractivity contribution in [2.75, 3.05) is 0 Å². The minimum atomic E-state index is -1.11. The predicted octanol–water partition coefficient (Wildman–Crippen LogP) is 3.27. The molecule has 0 aromatic heterocycles. The number of carbonyl (C=O) groups is 4. The number of nitrogens with one attached hydrogen (secondary N) is 2. The second kappa shape index (κ2) is 9.34. The summed E-state index contributed by atoms with van der Waals surface area (Å²) in [5.74, 6) is -2.49. The Morgan fingerprint density at radius 3 is 2.09 bits per heavy atom. The summed E-state index contributed by atoms with van der Waals surface area (Å²) >= 11 is 0. The predicted molar refractivity (Wildman–Crippen MR) is 120 cm³/mol. The normalized spacial score (nSPS) is 14.0. The Hall–Kier alpha value is -3.48. The molecule has 0 bridgehead atoms. The van der Waals surface area contributed by atoms with Crippen molar-refractivity contribution >= 4 is 23.6 Å². The number of amides is 2. The number of carboxylic acid groups (broad SMARTS) is 1. The van der Waals surface area contributed by atoms with E-state index in [-0.39, 0.29) is 24.0 Å². The molecule has 0 unspecified atom stereocenters. The van der Waals surface area contributed by atoms with Crippen LogP contribution in [-0.4, -0.2) is 40.8 Å². The molecule has 1 aliphatic carbocycles. The molecule has 2 amide bonds. The molecule has 2 aromatic rings. The third-order valence-electron chi connectivity index (χ3n) is 5.55. The first-order valence-electron chi connectivity index (χ1n) is 10.7. The maximum absolute atomic E-state index is 13.2. The Kier molecular flexibility index (Phi) is 6.77. The van der Waals surface area contributed by atoms with Crippen LogP contribution in [0.2, 0.25) is 0 Å². The van der Waals surface area contributed by atoms with E-state index < -0.39 is 29.9 Å². The average molecular weight is 437 g/mol. The van der Waals surface area contributed by atoms with Crippen LogP contribution in [0.4, 0.5) is 0 Å². The summed E-state index contributed by atoms with van der Waals surface area (Å²) in [6.45, 7) is 7.30. The number of fused-ring (bicyclic) bond motifs is 3. The van der Waals surface area contributed by atoms with Gasteiger partial charge in [0.15, 0.2) is 5.78 Å². The molecule has 3 N–H and O–H groups in total. The molecule has 0 saturated carbocycles. The first-order valence-corrected chi connectivity index (χ1v) is 10.7. The lowest BCUT2D eigenvalue weighted by molar-refractivity contribution is -0.142. The van der Waals surface area contributed by atoms with E-state index in [1.165, 1.54) is 0 Å². The van der Waals surface area contributed by atoms with Gasteiger partial charge in [-0.1, -0.05) is 64.1 Å². The number of ketones is 1. The highest BCUT2D eigenvalue weighted by Gasteiger charge is 2.33. The highest BCUT2D eigenvalue weighted by atomic mass is 16.4. The topological polar surface area (TPSA) is 113 Å². The Balaban J connectivity index is 1.87. The van der Waals surface area contributed by atoms with Crippen molar-refractivity contribution in [2.24, 2.45) is 11.8 Å². The summed E-state index contributed by atoms with van der Waals surface area (Å²) in [4.78, 5) is 50.4. The lowest BCUT2D eigenvalue weighted by Crippen LogP contribution is -2.54. The van der Waals surface area contributed by atoms with Crippen molar-refractivity contribution in [3.05, 3.63) is 59.2 Å². The molecule has 168 valence electrons. The molecule has 2 atom stereocenters. The van der Waals surface area contributed by atoms with Crippen LogP contribution in [0.25, 0.3) is 11.1 Å². The van der Waals surface area contributed by atoms with Gasteiger partial charge in [0, 0.05) is 22.3 Å². The molecule has 32 heavy (non-hydrogen) atoms. The maximum atomic E-state index is 13.2. The minimum absolute atomic E-state index is 0.0769. The molecule has 7 heteroatoms. The Bertz CT molecular complexity index is 1070. The van der Waals surface area contributed by atoms with Gasteiger partial charge in [-0.2, -0.15) is 0 Å². The molecule has 2 aromatic carbocycles. The zero-order valence-corrected chi connectivity index (χ0v) is 18.6. The van der Waals surface area contributed by atoms with E-state index >= 15 is 0 Å². The molecule has 1 aliphatic rings. The summed E-state index contributed by atoms with van der Waals surface area (Å²) in [6.07, 6.45) is 0.283. The average Bonchev–Trinajstić information content (AvgIpc) is 3.03. The van der Waals surface area contributed by atoms with Crippen LogP contribution in [0.5, 0.6) is 0 Å². The van der Waals surface area contributed by atoms with Crippen molar-refractivity contribution in [2.45, 2.75) is 46.2 Å². The van der Waals surface area contributed by atoms with E-state index in [4.69, 9.17) is 0 Å². The summed E-state index contributed by atoms with van der Waals surface area (Å²) in [7, 11) is 0. The first-order chi connectivity index (χ1) is 15.1. The maximum Gasteiger partial charge on any atom is 0.326 e. The molecule has 3 rings (SSSR count).